The van der Waals surface area contributed by atoms with Gasteiger partial charge >= 0.3 is 6.03 Å². The van der Waals surface area contributed by atoms with E-state index in [0.717, 1.165) is 4.90 Å². The summed E-state index contributed by atoms with van der Waals surface area (Å²) in [7, 11) is 0. The molecule has 3 rings (SSSR count). The third kappa shape index (κ3) is 2.91. The minimum absolute atomic E-state index is 0.0326. The van der Waals surface area contributed by atoms with Crippen molar-refractivity contribution in [3.05, 3.63) is 58.3 Å². The predicted molar refractivity (Wildman–Crippen MR) is 89.0 cm³/mol. The van der Waals surface area contributed by atoms with Gasteiger partial charge < -0.3 is 5.11 Å². The van der Waals surface area contributed by atoms with E-state index in [1.807, 2.05) is 0 Å². The number of rotatable bonds is 2. The van der Waals surface area contributed by atoms with Crippen LogP contribution in [0.5, 0.6) is 5.75 Å². The molecule has 2 N–H and O–H groups in total. The normalized spacial score (nSPS) is 16.5. The molecule has 2 aromatic rings. The Bertz CT molecular complexity index is 880. The van der Waals surface area contributed by atoms with Crippen molar-refractivity contribution in [1.82, 2.24) is 10.3 Å². The highest BCUT2D eigenvalue weighted by molar-refractivity contribution is 9.10. The number of nitrogens with one attached hydrogen (secondary N) is 1. The molecule has 1 aliphatic heterocycles. The van der Waals surface area contributed by atoms with Crippen LogP contribution in [0.25, 0.3) is 6.08 Å². The number of carbonyl (C=O) groups excluding carboxylic acids is 3. The van der Waals surface area contributed by atoms with Crippen molar-refractivity contribution >= 4 is 45.5 Å². The lowest BCUT2D eigenvalue weighted by molar-refractivity contribution is -0.122. The molecule has 1 aromatic heterocycles. The Morgan fingerprint density at radius 1 is 1.12 bits per heavy atom. The quantitative estimate of drug-likeness (QED) is 0.607. The fraction of sp³-hybridized carbons (Fsp3) is 0. The number of urea groups is 1. The van der Waals surface area contributed by atoms with Crippen LogP contribution >= 0.6 is 15.9 Å². The minimum Gasteiger partial charge on any atom is -0.507 e. The van der Waals surface area contributed by atoms with Gasteiger partial charge in [0.15, 0.2) is 0 Å². The van der Waals surface area contributed by atoms with E-state index in [4.69, 9.17) is 0 Å². The van der Waals surface area contributed by atoms with Gasteiger partial charge in [0.05, 0.1) is 10.2 Å². The molecule has 24 heavy (non-hydrogen) atoms. The topological polar surface area (TPSA) is 99.6 Å². The van der Waals surface area contributed by atoms with Crippen LogP contribution in [0.4, 0.5) is 10.5 Å². The molecule has 0 spiro atoms. The number of benzene rings is 1. The number of amides is 4. The average Bonchev–Trinajstić information content (AvgIpc) is 2.55. The van der Waals surface area contributed by atoms with Crippen LogP contribution in [0.1, 0.15) is 5.56 Å². The zero-order valence-corrected chi connectivity index (χ0v) is 13.6. The zero-order chi connectivity index (χ0) is 17.3. The molecule has 0 bridgehead atoms. The Labute approximate surface area is 144 Å². The maximum Gasteiger partial charge on any atom is 0.335 e. The van der Waals surface area contributed by atoms with Crippen molar-refractivity contribution in [2.75, 3.05) is 4.90 Å². The van der Waals surface area contributed by atoms with Crippen LogP contribution in [0, 0.1) is 0 Å². The first-order chi connectivity index (χ1) is 11.5. The van der Waals surface area contributed by atoms with Gasteiger partial charge in [0.2, 0.25) is 0 Å². The number of phenols is 1. The zero-order valence-electron chi connectivity index (χ0n) is 12.1. The molecule has 4 amide bonds. The van der Waals surface area contributed by atoms with Gasteiger partial charge in [0.25, 0.3) is 11.8 Å². The van der Waals surface area contributed by atoms with E-state index < -0.39 is 17.8 Å². The van der Waals surface area contributed by atoms with E-state index in [9.17, 15) is 19.5 Å². The van der Waals surface area contributed by atoms with Crippen LogP contribution in [0.3, 0.4) is 0 Å². The van der Waals surface area contributed by atoms with Crippen molar-refractivity contribution in [3.63, 3.8) is 0 Å². The van der Waals surface area contributed by atoms with Crippen LogP contribution in [0.15, 0.2) is 52.8 Å². The Balaban J connectivity index is 2.02. The number of nitrogens with zero attached hydrogens (tertiary/aromatic N) is 2. The molecular weight excluding hydrogens is 378 g/mol. The number of imide groups is 2. The highest BCUT2D eigenvalue weighted by Gasteiger charge is 2.36. The molecule has 0 atom stereocenters. The smallest absolute Gasteiger partial charge is 0.335 e. The lowest BCUT2D eigenvalue weighted by atomic mass is 10.1. The third-order valence-electron chi connectivity index (χ3n) is 3.31. The molecule has 1 aromatic carbocycles. The van der Waals surface area contributed by atoms with Crippen LogP contribution in [0.2, 0.25) is 0 Å². The fourth-order valence-electron chi connectivity index (χ4n) is 2.16. The summed E-state index contributed by atoms with van der Waals surface area (Å²) in [6.45, 7) is 0. The van der Waals surface area contributed by atoms with Gasteiger partial charge in [-0.3, -0.25) is 19.9 Å². The Hall–Kier alpha value is -3.00. The molecule has 1 aliphatic rings. The number of aromatic hydroxyl groups is 1. The molecule has 8 heteroatoms. The number of hydrogen-bond acceptors (Lipinski definition) is 5. The molecule has 0 aliphatic carbocycles. The summed E-state index contributed by atoms with van der Waals surface area (Å²) >= 11 is 3.16. The molecule has 2 heterocycles. The summed E-state index contributed by atoms with van der Waals surface area (Å²) in [4.78, 5) is 41.3. The third-order valence-corrected chi connectivity index (χ3v) is 3.94. The Kier molecular flexibility index (Phi) is 4.13. The van der Waals surface area contributed by atoms with Crippen molar-refractivity contribution in [1.29, 1.82) is 0 Å². The molecule has 120 valence electrons. The van der Waals surface area contributed by atoms with Crippen molar-refractivity contribution in [2.45, 2.75) is 0 Å². The molecule has 1 fully saturated rings. The number of halogens is 1. The summed E-state index contributed by atoms with van der Waals surface area (Å²) in [5.74, 6) is -1.48. The number of aromatic nitrogens is 1. The maximum absolute atomic E-state index is 12.6. The number of carbonyl (C=O) groups is 3. The highest BCUT2D eigenvalue weighted by atomic mass is 79.9. The standard InChI is InChI=1S/C16H10BrN3O4/c17-12-8-9(1-2-13(12)21)7-11-14(22)19-16(24)20(15(11)23)10-3-5-18-6-4-10/h1-8,21H,(H,19,22,24)/b11-7+. The van der Waals surface area contributed by atoms with Crippen molar-refractivity contribution in [2.24, 2.45) is 0 Å². The molecule has 0 saturated carbocycles. The first-order valence-corrected chi connectivity index (χ1v) is 7.56. The van der Waals surface area contributed by atoms with Crippen LogP contribution < -0.4 is 10.2 Å². The summed E-state index contributed by atoms with van der Waals surface area (Å²) < 4.78 is 0.419. The number of anilines is 1. The van der Waals surface area contributed by atoms with Gasteiger partial charge in [-0.15, -0.1) is 0 Å². The van der Waals surface area contributed by atoms with Gasteiger partial charge in [-0.25, -0.2) is 9.69 Å². The van der Waals surface area contributed by atoms with E-state index in [1.54, 1.807) is 12.1 Å². The average molecular weight is 388 g/mol. The molecule has 0 radical (unpaired) electrons. The number of hydrogen-bond donors (Lipinski definition) is 2. The summed E-state index contributed by atoms with van der Waals surface area (Å²) in [6, 6.07) is 6.68. The van der Waals surface area contributed by atoms with Crippen LogP contribution in [-0.2, 0) is 9.59 Å². The van der Waals surface area contributed by atoms with Gasteiger partial charge in [0, 0.05) is 12.4 Å². The number of pyridine rings is 1. The first-order valence-electron chi connectivity index (χ1n) is 6.77. The van der Waals surface area contributed by atoms with E-state index in [1.165, 1.54) is 36.7 Å². The Morgan fingerprint density at radius 3 is 2.50 bits per heavy atom. The summed E-state index contributed by atoms with van der Waals surface area (Å²) in [5, 5.41) is 11.6. The van der Waals surface area contributed by atoms with E-state index in [0.29, 0.717) is 15.7 Å². The van der Waals surface area contributed by atoms with Crippen molar-refractivity contribution < 1.29 is 19.5 Å². The lowest BCUT2D eigenvalue weighted by Crippen LogP contribution is -2.54. The van der Waals surface area contributed by atoms with Gasteiger partial charge in [-0.2, -0.15) is 0 Å². The fourth-order valence-corrected chi connectivity index (χ4v) is 2.56. The second-order valence-corrected chi connectivity index (χ2v) is 5.73. The molecule has 7 nitrogen and oxygen atoms in total. The molecule has 0 unspecified atom stereocenters. The second kappa shape index (κ2) is 6.25. The second-order valence-electron chi connectivity index (χ2n) is 4.87. The van der Waals surface area contributed by atoms with Gasteiger partial charge in [-0.05, 0) is 51.8 Å². The lowest BCUT2D eigenvalue weighted by Gasteiger charge is -2.26. The highest BCUT2D eigenvalue weighted by Crippen LogP contribution is 2.26. The van der Waals surface area contributed by atoms with Crippen molar-refractivity contribution in [3.8, 4) is 5.75 Å². The van der Waals surface area contributed by atoms with E-state index in [-0.39, 0.29) is 11.3 Å². The monoisotopic (exact) mass is 387 g/mol. The van der Waals surface area contributed by atoms with Crippen LogP contribution in [-0.4, -0.2) is 27.9 Å². The number of phenolic OH excluding ortho intramolecular Hbond substituents is 1. The first kappa shape index (κ1) is 15.9. The predicted octanol–water partition coefficient (Wildman–Crippen LogP) is 2.22. The SMILES string of the molecule is O=C1NC(=O)N(c2ccncc2)C(=O)/C1=C/c1ccc(O)c(Br)c1. The Morgan fingerprint density at radius 2 is 1.83 bits per heavy atom. The van der Waals surface area contributed by atoms with Gasteiger partial charge in [0.1, 0.15) is 11.3 Å². The van der Waals surface area contributed by atoms with E-state index >= 15 is 0 Å². The largest absolute Gasteiger partial charge is 0.507 e. The van der Waals surface area contributed by atoms with E-state index in [2.05, 4.69) is 26.2 Å². The summed E-state index contributed by atoms with van der Waals surface area (Å²) in [5.41, 5.74) is 0.629. The van der Waals surface area contributed by atoms with Gasteiger partial charge in [-0.1, -0.05) is 6.07 Å². The minimum atomic E-state index is -0.819. The molecule has 1 saturated heterocycles. The summed E-state index contributed by atoms with van der Waals surface area (Å²) in [6.07, 6.45) is 4.22. The number of barbiturate groups is 1. The molecular formula is C16H10BrN3O4. The maximum atomic E-state index is 12.6.